The van der Waals surface area contributed by atoms with Gasteiger partial charge in [-0.15, -0.1) is 0 Å². The van der Waals surface area contributed by atoms with E-state index in [-0.39, 0.29) is 5.91 Å². The fourth-order valence-electron chi connectivity index (χ4n) is 1.63. The second-order valence-corrected chi connectivity index (χ2v) is 5.21. The summed E-state index contributed by atoms with van der Waals surface area (Å²) in [7, 11) is 1.95. The molecule has 0 bridgehead atoms. The van der Waals surface area contributed by atoms with Crippen LogP contribution in [0.4, 0.5) is 0 Å². The summed E-state index contributed by atoms with van der Waals surface area (Å²) < 4.78 is 3.08. The van der Waals surface area contributed by atoms with Gasteiger partial charge in [0.05, 0.1) is 0 Å². The molecule has 94 valence electrons. The number of hydrogen-bond acceptors (Lipinski definition) is 2. The summed E-state index contributed by atoms with van der Waals surface area (Å²) in [6.45, 7) is 0.593. The van der Waals surface area contributed by atoms with Crippen LogP contribution in [0, 0.1) is 3.57 Å². The van der Waals surface area contributed by atoms with Crippen LogP contribution in [0.1, 0.15) is 16.2 Å². The van der Waals surface area contributed by atoms with Crippen LogP contribution in [0.3, 0.4) is 0 Å². The van der Waals surface area contributed by atoms with Crippen molar-refractivity contribution in [3.8, 4) is 0 Å². The number of aryl methyl sites for hydroxylation is 1. The molecule has 5 heteroatoms. The van der Waals surface area contributed by atoms with Crippen molar-refractivity contribution in [3.05, 3.63) is 51.6 Å². The topological polar surface area (TPSA) is 46.9 Å². The molecule has 1 aromatic heterocycles. The van der Waals surface area contributed by atoms with Crippen molar-refractivity contribution in [3.63, 3.8) is 0 Å². The van der Waals surface area contributed by atoms with Crippen LogP contribution in [0.5, 0.6) is 0 Å². The highest BCUT2D eigenvalue weighted by Gasteiger charge is 2.05. The SMILES string of the molecule is Cn1ccnc1CCNC(=O)c1ccc(I)cc1. The molecule has 2 aromatic rings. The number of benzene rings is 1. The van der Waals surface area contributed by atoms with Crippen LogP contribution in [0.25, 0.3) is 0 Å². The molecule has 2 rings (SSSR count). The van der Waals surface area contributed by atoms with Crippen LogP contribution in [-0.4, -0.2) is 22.0 Å². The van der Waals surface area contributed by atoms with Crippen LogP contribution in [-0.2, 0) is 13.5 Å². The lowest BCUT2D eigenvalue weighted by Crippen LogP contribution is -2.26. The zero-order chi connectivity index (χ0) is 13.0. The number of nitrogens with one attached hydrogen (secondary N) is 1. The van der Waals surface area contributed by atoms with Crippen LogP contribution < -0.4 is 5.32 Å². The molecule has 0 aliphatic rings. The molecule has 4 nitrogen and oxygen atoms in total. The van der Waals surface area contributed by atoms with Crippen molar-refractivity contribution in [2.75, 3.05) is 6.54 Å². The van der Waals surface area contributed by atoms with Gasteiger partial charge in [0, 0.05) is 41.5 Å². The van der Waals surface area contributed by atoms with Gasteiger partial charge in [-0.2, -0.15) is 0 Å². The van der Waals surface area contributed by atoms with Crippen molar-refractivity contribution >= 4 is 28.5 Å². The lowest BCUT2D eigenvalue weighted by Gasteiger charge is -2.05. The predicted molar refractivity (Wildman–Crippen MR) is 78.4 cm³/mol. The van der Waals surface area contributed by atoms with E-state index >= 15 is 0 Å². The van der Waals surface area contributed by atoms with Gasteiger partial charge in [0.25, 0.3) is 5.91 Å². The van der Waals surface area contributed by atoms with Gasteiger partial charge in [-0.3, -0.25) is 4.79 Å². The molecule has 1 amide bonds. The summed E-state index contributed by atoms with van der Waals surface area (Å²) in [6, 6.07) is 7.51. The molecule has 0 atom stereocenters. The standard InChI is InChI=1S/C13H14IN3O/c1-17-9-8-15-12(17)6-7-16-13(18)10-2-4-11(14)5-3-10/h2-5,8-9H,6-7H2,1H3,(H,16,18). The van der Waals surface area contributed by atoms with E-state index in [0.717, 1.165) is 15.8 Å². The van der Waals surface area contributed by atoms with E-state index in [9.17, 15) is 4.79 Å². The lowest BCUT2D eigenvalue weighted by atomic mass is 10.2. The molecule has 0 aliphatic heterocycles. The highest BCUT2D eigenvalue weighted by atomic mass is 127. The third kappa shape index (κ3) is 3.32. The van der Waals surface area contributed by atoms with Crippen LogP contribution in [0.15, 0.2) is 36.7 Å². The average Bonchev–Trinajstić information content (AvgIpc) is 2.76. The number of hydrogen-bond donors (Lipinski definition) is 1. The molecular formula is C13H14IN3O. The minimum Gasteiger partial charge on any atom is -0.352 e. The molecule has 18 heavy (non-hydrogen) atoms. The molecule has 0 radical (unpaired) electrons. The number of imidazole rings is 1. The number of carbonyl (C=O) groups excluding carboxylic acids is 1. The Bertz CT molecular complexity index is 533. The molecule has 0 saturated heterocycles. The average molecular weight is 355 g/mol. The zero-order valence-corrected chi connectivity index (χ0v) is 12.2. The quantitative estimate of drug-likeness (QED) is 0.853. The van der Waals surface area contributed by atoms with E-state index in [1.807, 2.05) is 42.1 Å². The third-order valence-electron chi connectivity index (χ3n) is 2.66. The zero-order valence-electron chi connectivity index (χ0n) is 10.1. The lowest BCUT2D eigenvalue weighted by molar-refractivity contribution is 0.0954. The maximum Gasteiger partial charge on any atom is 0.251 e. The highest BCUT2D eigenvalue weighted by molar-refractivity contribution is 14.1. The molecular weight excluding hydrogens is 341 g/mol. The van der Waals surface area contributed by atoms with Crippen molar-refractivity contribution < 1.29 is 4.79 Å². The van der Waals surface area contributed by atoms with Gasteiger partial charge in [0.15, 0.2) is 0 Å². The maximum absolute atomic E-state index is 11.8. The molecule has 0 saturated carbocycles. The van der Waals surface area contributed by atoms with Gasteiger partial charge in [0.2, 0.25) is 0 Å². The van der Waals surface area contributed by atoms with E-state index in [0.29, 0.717) is 12.1 Å². The van der Waals surface area contributed by atoms with Gasteiger partial charge >= 0.3 is 0 Å². The molecule has 0 fully saturated rings. The largest absolute Gasteiger partial charge is 0.352 e. The first-order chi connectivity index (χ1) is 8.66. The number of rotatable bonds is 4. The third-order valence-corrected chi connectivity index (χ3v) is 3.38. The van der Waals surface area contributed by atoms with E-state index in [4.69, 9.17) is 0 Å². The smallest absolute Gasteiger partial charge is 0.251 e. The summed E-state index contributed by atoms with van der Waals surface area (Å²) in [4.78, 5) is 16.0. The Balaban J connectivity index is 1.85. The van der Waals surface area contributed by atoms with Crippen LogP contribution in [0.2, 0.25) is 0 Å². The Morgan fingerprint density at radius 3 is 2.72 bits per heavy atom. The van der Waals surface area contributed by atoms with Gasteiger partial charge < -0.3 is 9.88 Å². The molecule has 0 spiro atoms. The summed E-state index contributed by atoms with van der Waals surface area (Å²) in [5.74, 6) is 0.929. The Hall–Kier alpha value is -1.37. The Morgan fingerprint density at radius 2 is 2.11 bits per heavy atom. The van der Waals surface area contributed by atoms with Gasteiger partial charge in [0.1, 0.15) is 5.82 Å². The number of aromatic nitrogens is 2. The molecule has 0 aliphatic carbocycles. The Morgan fingerprint density at radius 1 is 1.39 bits per heavy atom. The predicted octanol–water partition coefficient (Wildman–Crippen LogP) is 2.00. The number of amides is 1. The molecule has 1 heterocycles. The van der Waals surface area contributed by atoms with Crippen LogP contribution >= 0.6 is 22.6 Å². The van der Waals surface area contributed by atoms with Crippen molar-refractivity contribution in [1.82, 2.24) is 14.9 Å². The summed E-state index contributed by atoms with van der Waals surface area (Å²) in [6.07, 6.45) is 4.40. The Labute approximate surface area is 120 Å². The summed E-state index contributed by atoms with van der Waals surface area (Å²) in [5.41, 5.74) is 0.690. The maximum atomic E-state index is 11.8. The normalized spacial score (nSPS) is 10.3. The fourth-order valence-corrected chi connectivity index (χ4v) is 1.99. The highest BCUT2D eigenvalue weighted by Crippen LogP contribution is 2.06. The van der Waals surface area contributed by atoms with Crippen molar-refractivity contribution in [2.24, 2.45) is 7.05 Å². The van der Waals surface area contributed by atoms with Gasteiger partial charge in [-0.25, -0.2) is 4.98 Å². The molecule has 0 unspecified atom stereocenters. The van der Waals surface area contributed by atoms with E-state index < -0.39 is 0 Å². The fraction of sp³-hybridized carbons (Fsp3) is 0.231. The van der Waals surface area contributed by atoms with Gasteiger partial charge in [-0.1, -0.05) is 0 Å². The molecule has 1 N–H and O–H groups in total. The van der Waals surface area contributed by atoms with Gasteiger partial charge in [-0.05, 0) is 46.9 Å². The van der Waals surface area contributed by atoms with Crippen molar-refractivity contribution in [1.29, 1.82) is 0 Å². The molecule has 1 aromatic carbocycles. The van der Waals surface area contributed by atoms with E-state index in [1.165, 1.54) is 0 Å². The number of carbonyl (C=O) groups is 1. The van der Waals surface area contributed by atoms with E-state index in [1.54, 1.807) is 6.20 Å². The summed E-state index contributed by atoms with van der Waals surface area (Å²) in [5, 5.41) is 2.89. The first-order valence-electron chi connectivity index (χ1n) is 5.67. The minimum absolute atomic E-state index is 0.0411. The number of halogens is 1. The Kier molecular flexibility index (Phi) is 4.35. The first kappa shape index (κ1) is 13.1. The number of nitrogens with zero attached hydrogens (tertiary/aromatic N) is 2. The first-order valence-corrected chi connectivity index (χ1v) is 6.74. The van der Waals surface area contributed by atoms with Crippen molar-refractivity contribution in [2.45, 2.75) is 6.42 Å². The second-order valence-electron chi connectivity index (χ2n) is 3.97. The second kappa shape index (κ2) is 5.99. The van der Waals surface area contributed by atoms with E-state index in [2.05, 4.69) is 32.9 Å². The minimum atomic E-state index is -0.0411. The summed E-state index contributed by atoms with van der Waals surface area (Å²) >= 11 is 2.22. The monoisotopic (exact) mass is 355 g/mol.